The predicted molar refractivity (Wildman–Crippen MR) is 148 cm³/mol. The van der Waals surface area contributed by atoms with Gasteiger partial charge >= 0.3 is 6.03 Å². The number of benzene rings is 2. The van der Waals surface area contributed by atoms with Crippen molar-refractivity contribution >= 4 is 40.0 Å². The Labute approximate surface area is 237 Å². The van der Waals surface area contributed by atoms with Gasteiger partial charge in [0.25, 0.3) is 0 Å². The molecule has 41 heavy (non-hydrogen) atoms. The van der Waals surface area contributed by atoms with Gasteiger partial charge in [0.15, 0.2) is 11.6 Å². The first-order chi connectivity index (χ1) is 19.8. The molecule has 5 N–H and O–H groups in total. The van der Waals surface area contributed by atoms with Crippen molar-refractivity contribution in [1.82, 2.24) is 14.7 Å². The van der Waals surface area contributed by atoms with E-state index in [1.54, 1.807) is 12.1 Å². The summed E-state index contributed by atoms with van der Waals surface area (Å²) >= 11 is 1.00. The molecule has 0 bridgehead atoms. The second-order valence-corrected chi connectivity index (χ2v) is 9.23. The van der Waals surface area contributed by atoms with E-state index in [1.807, 2.05) is 6.07 Å². The van der Waals surface area contributed by atoms with Crippen LogP contribution in [0, 0.1) is 23.0 Å². The molecule has 3 amide bonds. The van der Waals surface area contributed by atoms with Crippen molar-refractivity contribution in [1.29, 1.82) is 5.26 Å². The van der Waals surface area contributed by atoms with Gasteiger partial charge in [-0.25, -0.2) is 18.6 Å². The van der Waals surface area contributed by atoms with Gasteiger partial charge in [-0.2, -0.15) is 9.64 Å². The van der Waals surface area contributed by atoms with E-state index in [0.29, 0.717) is 41.6 Å². The molecule has 0 aliphatic rings. The van der Waals surface area contributed by atoms with Crippen LogP contribution in [-0.2, 0) is 11.2 Å². The molecule has 14 heteroatoms. The summed E-state index contributed by atoms with van der Waals surface area (Å²) in [6.45, 7) is 1.05. The van der Waals surface area contributed by atoms with Crippen LogP contribution >= 0.6 is 11.5 Å². The van der Waals surface area contributed by atoms with E-state index in [1.165, 1.54) is 42.6 Å². The number of aromatic nitrogens is 2. The number of nitrogens with zero attached hydrogens (tertiary/aromatic N) is 3. The minimum absolute atomic E-state index is 0.0919. The molecule has 2 aromatic carbocycles. The lowest BCUT2D eigenvalue weighted by atomic mass is 10.1. The average molecular weight is 580 g/mol. The number of urea groups is 1. The molecular weight excluding hydrogens is 556 g/mol. The van der Waals surface area contributed by atoms with Gasteiger partial charge in [0.05, 0.1) is 6.42 Å². The van der Waals surface area contributed by atoms with Gasteiger partial charge in [0.1, 0.15) is 34.0 Å². The van der Waals surface area contributed by atoms with E-state index in [4.69, 9.17) is 10.00 Å². The molecule has 0 aliphatic carbocycles. The summed E-state index contributed by atoms with van der Waals surface area (Å²) in [5.41, 5.74) is 0.741. The number of amides is 3. The Morgan fingerprint density at radius 3 is 2.59 bits per heavy atom. The zero-order valence-electron chi connectivity index (χ0n) is 21.3. The van der Waals surface area contributed by atoms with Crippen molar-refractivity contribution in [2.75, 3.05) is 29.0 Å². The maximum absolute atomic E-state index is 14.7. The molecule has 0 unspecified atom stereocenters. The first-order valence-corrected chi connectivity index (χ1v) is 12.9. The molecule has 0 saturated heterocycles. The zero-order chi connectivity index (χ0) is 29.2. The van der Waals surface area contributed by atoms with Gasteiger partial charge < -0.3 is 25.8 Å². The van der Waals surface area contributed by atoms with Gasteiger partial charge in [-0.15, -0.1) is 0 Å². The Morgan fingerprint density at radius 1 is 1.05 bits per heavy atom. The fourth-order valence-electron chi connectivity index (χ4n) is 3.49. The van der Waals surface area contributed by atoms with E-state index >= 15 is 0 Å². The lowest BCUT2D eigenvalue weighted by Gasteiger charge is -2.11. The van der Waals surface area contributed by atoms with Crippen molar-refractivity contribution in [3.05, 3.63) is 83.6 Å². The Kier molecular flexibility index (Phi) is 9.57. The van der Waals surface area contributed by atoms with E-state index in [2.05, 4.69) is 30.6 Å². The van der Waals surface area contributed by atoms with Gasteiger partial charge in [-0.1, -0.05) is 12.1 Å². The normalized spacial score (nSPS) is 10.4. The molecule has 0 fully saturated rings. The van der Waals surface area contributed by atoms with Crippen molar-refractivity contribution in [3.8, 4) is 23.4 Å². The smallest absolute Gasteiger partial charge is 0.325 e. The van der Waals surface area contributed by atoms with Crippen LogP contribution in [0.25, 0.3) is 0 Å². The summed E-state index contributed by atoms with van der Waals surface area (Å²) in [7, 11) is 0. The highest BCUT2D eigenvalue weighted by atomic mass is 32.1. The second-order valence-electron chi connectivity index (χ2n) is 8.46. The predicted octanol–water partition coefficient (Wildman–Crippen LogP) is 4.99. The average Bonchev–Trinajstić information content (AvgIpc) is 3.30. The van der Waals surface area contributed by atoms with Crippen molar-refractivity contribution in [2.45, 2.75) is 12.8 Å². The quantitative estimate of drug-likeness (QED) is 0.154. The minimum atomic E-state index is -0.846. The molecule has 0 aliphatic heterocycles. The number of nitrogens with one attached hydrogen (secondary N) is 4. The number of halogens is 2. The van der Waals surface area contributed by atoms with Crippen molar-refractivity contribution < 1.29 is 28.2 Å². The van der Waals surface area contributed by atoms with Gasteiger partial charge in [0.2, 0.25) is 11.8 Å². The summed E-state index contributed by atoms with van der Waals surface area (Å²) < 4.78 is 37.0. The summed E-state index contributed by atoms with van der Waals surface area (Å²) in [6.07, 6.45) is 2.02. The number of hydrogen-bond acceptors (Lipinski definition) is 10. The number of aromatic hydroxyl groups is 1. The first-order valence-electron chi connectivity index (χ1n) is 12.2. The Morgan fingerprint density at radius 2 is 1.83 bits per heavy atom. The maximum Gasteiger partial charge on any atom is 0.325 e. The lowest BCUT2D eigenvalue weighted by molar-refractivity contribution is -0.119. The van der Waals surface area contributed by atoms with Crippen LogP contribution in [0.15, 0.2) is 60.8 Å². The highest BCUT2D eigenvalue weighted by Crippen LogP contribution is 2.29. The summed E-state index contributed by atoms with van der Waals surface area (Å²) in [5.74, 6) is -1.36. The van der Waals surface area contributed by atoms with E-state index in [9.17, 15) is 23.5 Å². The standard InChI is InChI=1S/C27H23F2N7O4S/c28-17-4-2-16(3-5-17)12-24(37)35-27(39)34-18-6-7-22(21(29)13-18)40-19-8-11-32-23(14-19)31-9-1-10-33-26-20(15-30)25(38)36-41-26/h2-8,11,13-14,33H,1,9-10,12H2,(H,31,32)(H,36,38)(H2,34,35,37,39). The van der Waals surface area contributed by atoms with Crippen LogP contribution in [0.3, 0.4) is 0 Å². The number of carbonyl (C=O) groups is 2. The SMILES string of the molecule is N#Cc1c(O)nsc1NCCCNc1cc(Oc2ccc(NC(=O)NC(=O)Cc3ccc(F)cc3)cc2F)ccn1. The number of hydrogen-bond donors (Lipinski definition) is 5. The Balaban J connectivity index is 1.23. The highest BCUT2D eigenvalue weighted by Gasteiger charge is 2.13. The maximum atomic E-state index is 14.7. The van der Waals surface area contributed by atoms with Crippen molar-refractivity contribution in [2.24, 2.45) is 0 Å². The molecule has 11 nitrogen and oxygen atoms in total. The molecule has 4 aromatic rings. The van der Waals surface area contributed by atoms with Gasteiger partial charge in [-0.05, 0) is 53.8 Å². The minimum Gasteiger partial charge on any atom is -0.492 e. The number of ether oxygens (including phenoxy) is 1. The third-order valence-corrected chi connectivity index (χ3v) is 6.21. The Bertz CT molecular complexity index is 1570. The molecule has 2 aromatic heterocycles. The number of carbonyl (C=O) groups excluding carboxylic acids is 2. The lowest BCUT2D eigenvalue weighted by Crippen LogP contribution is -2.35. The monoisotopic (exact) mass is 579 g/mol. The van der Waals surface area contributed by atoms with Gasteiger partial charge in [-0.3, -0.25) is 10.1 Å². The summed E-state index contributed by atoms with van der Waals surface area (Å²) in [5, 5.41) is 29.7. The second kappa shape index (κ2) is 13.7. The number of pyridine rings is 1. The van der Waals surface area contributed by atoms with E-state index < -0.39 is 23.6 Å². The molecule has 4 rings (SSSR count). The van der Waals surface area contributed by atoms with Crippen LogP contribution < -0.4 is 26.0 Å². The third kappa shape index (κ3) is 8.35. The zero-order valence-corrected chi connectivity index (χ0v) is 22.1. The largest absolute Gasteiger partial charge is 0.492 e. The topological polar surface area (TPSA) is 161 Å². The fourth-order valence-corrected chi connectivity index (χ4v) is 4.15. The van der Waals surface area contributed by atoms with E-state index in [-0.39, 0.29) is 29.3 Å². The molecule has 210 valence electrons. The number of nitriles is 1. The van der Waals surface area contributed by atoms with Crippen LogP contribution in [0.1, 0.15) is 17.5 Å². The molecule has 0 atom stereocenters. The molecule has 0 spiro atoms. The molecule has 2 heterocycles. The summed E-state index contributed by atoms with van der Waals surface area (Å²) in [4.78, 5) is 28.4. The fraction of sp³-hybridized carbons (Fsp3) is 0.148. The van der Waals surface area contributed by atoms with Crippen LogP contribution in [0.4, 0.5) is 30.1 Å². The number of anilines is 3. The first kappa shape index (κ1) is 28.7. The van der Waals surface area contributed by atoms with Crippen molar-refractivity contribution in [3.63, 3.8) is 0 Å². The summed E-state index contributed by atoms with van der Waals surface area (Å²) in [6, 6.07) is 13.3. The molecule has 0 radical (unpaired) electrons. The third-order valence-electron chi connectivity index (χ3n) is 5.41. The van der Waals surface area contributed by atoms with E-state index in [0.717, 1.165) is 17.6 Å². The van der Waals surface area contributed by atoms with Gasteiger partial charge in [0, 0.05) is 37.1 Å². The molecular formula is C27H23F2N7O4S. The molecule has 0 saturated carbocycles. The van der Waals surface area contributed by atoms with Crippen LogP contribution in [-0.4, -0.2) is 39.5 Å². The number of rotatable bonds is 11. The van der Waals surface area contributed by atoms with Crippen LogP contribution in [0.5, 0.6) is 17.4 Å². The number of imide groups is 1. The van der Waals surface area contributed by atoms with Crippen LogP contribution in [0.2, 0.25) is 0 Å². The Hall–Kier alpha value is -5.29. The highest BCUT2D eigenvalue weighted by molar-refractivity contribution is 7.10.